The Kier molecular flexibility index (Phi) is 7.46. The van der Waals surface area contributed by atoms with Crippen LogP contribution in [0.5, 0.6) is 5.75 Å². The number of rotatable bonds is 7. The van der Waals surface area contributed by atoms with Gasteiger partial charge in [-0.3, -0.25) is 9.59 Å². The average molecular weight is 410 g/mol. The van der Waals surface area contributed by atoms with Crippen LogP contribution in [0.4, 0.5) is 0 Å². The lowest BCUT2D eigenvalue weighted by Crippen LogP contribution is -2.46. The first-order valence-electron chi connectivity index (χ1n) is 10.5. The van der Waals surface area contributed by atoms with Gasteiger partial charge in [-0.05, 0) is 58.1 Å². The number of ether oxygens (including phenoxy) is 1. The van der Waals surface area contributed by atoms with Crippen LogP contribution in [0.15, 0.2) is 48.5 Å². The largest absolute Gasteiger partial charge is 0.491 e. The monoisotopic (exact) mass is 409 g/mol. The van der Waals surface area contributed by atoms with E-state index < -0.39 is 0 Å². The van der Waals surface area contributed by atoms with E-state index in [0.717, 1.165) is 24.9 Å². The van der Waals surface area contributed by atoms with Gasteiger partial charge >= 0.3 is 0 Å². The van der Waals surface area contributed by atoms with E-state index in [1.807, 2.05) is 73.3 Å². The number of carbonyl (C=O) groups is 2. The second-order valence-corrected chi connectivity index (χ2v) is 8.05. The summed E-state index contributed by atoms with van der Waals surface area (Å²) in [6, 6.07) is 15.0. The number of likely N-dealkylation sites (tertiary alicyclic amines) is 1. The Balaban J connectivity index is 1.53. The minimum atomic E-state index is -0.126. The predicted molar refractivity (Wildman–Crippen MR) is 118 cm³/mol. The molecule has 0 unspecified atom stereocenters. The number of hydrogen-bond donors (Lipinski definition) is 1. The van der Waals surface area contributed by atoms with Gasteiger partial charge in [0.05, 0.1) is 5.56 Å². The second-order valence-electron chi connectivity index (χ2n) is 8.05. The van der Waals surface area contributed by atoms with Crippen LogP contribution in [-0.2, 0) is 0 Å². The highest BCUT2D eigenvalue weighted by molar-refractivity contribution is 5.97. The molecule has 0 spiro atoms. The van der Waals surface area contributed by atoms with Crippen LogP contribution >= 0.6 is 0 Å². The summed E-state index contributed by atoms with van der Waals surface area (Å²) in [5.41, 5.74) is 2.40. The van der Waals surface area contributed by atoms with Crippen molar-refractivity contribution in [2.24, 2.45) is 0 Å². The Hall–Kier alpha value is -2.86. The minimum absolute atomic E-state index is 0.0504. The lowest BCUT2D eigenvalue weighted by Gasteiger charge is -2.32. The van der Waals surface area contributed by atoms with Gasteiger partial charge in [-0.25, -0.2) is 0 Å². The number of piperidine rings is 1. The predicted octanol–water partition coefficient (Wildman–Crippen LogP) is 2.97. The summed E-state index contributed by atoms with van der Waals surface area (Å²) >= 11 is 0. The molecule has 30 heavy (non-hydrogen) atoms. The van der Waals surface area contributed by atoms with E-state index >= 15 is 0 Å². The summed E-state index contributed by atoms with van der Waals surface area (Å²) in [5, 5.41) is 3.11. The fourth-order valence-electron chi connectivity index (χ4n) is 3.49. The fourth-order valence-corrected chi connectivity index (χ4v) is 3.49. The van der Waals surface area contributed by atoms with Gasteiger partial charge in [0.1, 0.15) is 12.4 Å². The number of hydrogen-bond acceptors (Lipinski definition) is 4. The first kappa shape index (κ1) is 21.8. The summed E-state index contributed by atoms with van der Waals surface area (Å²) in [7, 11) is 3.97. The number of nitrogens with one attached hydrogen (secondary N) is 1. The molecule has 2 aromatic rings. The van der Waals surface area contributed by atoms with Crippen molar-refractivity contribution in [2.75, 3.05) is 40.3 Å². The van der Waals surface area contributed by atoms with Gasteiger partial charge < -0.3 is 19.9 Å². The van der Waals surface area contributed by atoms with Crippen LogP contribution in [0.3, 0.4) is 0 Å². The molecule has 2 aromatic carbocycles. The van der Waals surface area contributed by atoms with E-state index in [1.165, 1.54) is 0 Å². The third-order valence-electron chi connectivity index (χ3n) is 5.34. The molecule has 1 saturated heterocycles. The molecule has 1 N–H and O–H groups in total. The second kappa shape index (κ2) is 10.3. The smallest absolute Gasteiger partial charge is 0.255 e. The van der Waals surface area contributed by atoms with Gasteiger partial charge in [-0.1, -0.05) is 29.8 Å². The van der Waals surface area contributed by atoms with Gasteiger partial charge in [0, 0.05) is 31.2 Å². The number of carbonyl (C=O) groups excluding carboxylic acids is 2. The molecule has 0 aliphatic carbocycles. The molecular weight excluding hydrogens is 378 g/mol. The molecule has 1 aliphatic heterocycles. The topological polar surface area (TPSA) is 61.9 Å². The van der Waals surface area contributed by atoms with Crippen molar-refractivity contribution in [3.63, 3.8) is 0 Å². The van der Waals surface area contributed by atoms with E-state index in [2.05, 4.69) is 5.32 Å². The normalized spacial score (nSPS) is 14.6. The average Bonchev–Trinajstić information content (AvgIpc) is 2.74. The number of aryl methyl sites for hydroxylation is 1. The van der Waals surface area contributed by atoms with Crippen molar-refractivity contribution in [2.45, 2.75) is 25.8 Å². The van der Waals surface area contributed by atoms with Crippen LogP contribution in [-0.4, -0.2) is 68.0 Å². The Morgan fingerprint density at radius 3 is 2.40 bits per heavy atom. The van der Waals surface area contributed by atoms with Gasteiger partial charge in [-0.15, -0.1) is 0 Å². The molecule has 0 radical (unpaired) electrons. The molecule has 1 aliphatic rings. The zero-order valence-electron chi connectivity index (χ0n) is 18.1. The van der Waals surface area contributed by atoms with E-state index in [1.54, 1.807) is 6.07 Å². The molecule has 0 bridgehead atoms. The molecule has 6 nitrogen and oxygen atoms in total. The molecule has 1 heterocycles. The highest BCUT2D eigenvalue weighted by atomic mass is 16.5. The van der Waals surface area contributed by atoms with Crippen molar-refractivity contribution in [1.29, 1.82) is 0 Å². The molecule has 6 heteroatoms. The van der Waals surface area contributed by atoms with Crippen LogP contribution in [0.1, 0.15) is 39.1 Å². The summed E-state index contributed by atoms with van der Waals surface area (Å²) in [6.07, 6.45) is 1.49. The van der Waals surface area contributed by atoms with Crippen molar-refractivity contribution in [3.8, 4) is 5.75 Å². The summed E-state index contributed by atoms with van der Waals surface area (Å²) in [6.45, 7) is 4.59. The first-order chi connectivity index (χ1) is 14.4. The zero-order valence-corrected chi connectivity index (χ0v) is 18.1. The van der Waals surface area contributed by atoms with E-state index in [4.69, 9.17) is 4.74 Å². The summed E-state index contributed by atoms with van der Waals surface area (Å²) < 4.78 is 5.81. The number of para-hydroxylation sites is 1. The molecule has 2 amide bonds. The maximum atomic E-state index is 12.8. The Labute approximate surface area is 178 Å². The molecule has 3 rings (SSSR count). The molecule has 1 fully saturated rings. The quantitative estimate of drug-likeness (QED) is 0.764. The molecule has 0 saturated carbocycles. The van der Waals surface area contributed by atoms with E-state index in [0.29, 0.717) is 36.6 Å². The minimum Gasteiger partial charge on any atom is -0.491 e. The standard InChI is InChI=1S/C24H31N3O3/c1-18-8-10-19(11-9-18)24(29)27-14-12-20(13-15-27)25-23(28)21-6-4-5-7-22(21)30-17-16-26(2)3/h4-11,20H,12-17H2,1-3H3,(H,25,28). The van der Waals surface area contributed by atoms with E-state index in [-0.39, 0.29) is 17.9 Å². The zero-order chi connectivity index (χ0) is 21.5. The lowest BCUT2D eigenvalue weighted by molar-refractivity contribution is 0.0698. The first-order valence-corrected chi connectivity index (χ1v) is 10.5. The highest BCUT2D eigenvalue weighted by Gasteiger charge is 2.25. The molecule has 0 aromatic heterocycles. The third-order valence-corrected chi connectivity index (χ3v) is 5.34. The van der Waals surface area contributed by atoms with Crippen LogP contribution in [0.2, 0.25) is 0 Å². The molecule has 160 valence electrons. The number of amides is 2. The number of likely N-dealkylation sites (N-methyl/N-ethyl adjacent to an activating group) is 1. The molecular formula is C24H31N3O3. The highest BCUT2D eigenvalue weighted by Crippen LogP contribution is 2.20. The van der Waals surface area contributed by atoms with Gasteiger partial charge in [0.25, 0.3) is 11.8 Å². The fraction of sp³-hybridized carbons (Fsp3) is 0.417. The van der Waals surface area contributed by atoms with Crippen LogP contribution < -0.4 is 10.1 Å². The molecule has 0 atom stereocenters. The SMILES string of the molecule is Cc1ccc(C(=O)N2CCC(NC(=O)c3ccccc3OCCN(C)C)CC2)cc1. The van der Waals surface area contributed by atoms with Crippen molar-refractivity contribution < 1.29 is 14.3 Å². The Morgan fingerprint density at radius 2 is 1.73 bits per heavy atom. The van der Waals surface area contributed by atoms with Crippen LogP contribution in [0, 0.1) is 6.92 Å². The number of nitrogens with zero attached hydrogens (tertiary/aromatic N) is 2. The Morgan fingerprint density at radius 1 is 1.07 bits per heavy atom. The van der Waals surface area contributed by atoms with Crippen molar-refractivity contribution in [3.05, 3.63) is 65.2 Å². The van der Waals surface area contributed by atoms with Crippen molar-refractivity contribution in [1.82, 2.24) is 15.1 Å². The third kappa shape index (κ3) is 5.83. The summed E-state index contributed by atoms with van der Waals surface area (Å²) in [5.74, 6) is 0.530. The van der Waals surface area contributed by atoms with Gasteiger partial charge in [0.2, 0.25) is 0 Å². The van der Waals surface area contributed by atoms with Crippen molar-refractivity contribution >= 4 is 11.8 Å². The van der Waals surface area contributed by atoms with Gasteiger partial charge in [-0.2, -0.15) is 0 Å². The van der Waals surface area contributed by atoms with Gasteiger partial charge in [0.15, 0.2) is 0 Å². The van der Waals surface area contributed by atoms with Crippen LogP contribution in [0.25, 0.3) is 0 Å². The summed E-state index contributed by atoms with van der Waals surface area (Å²) in [4.78, 5) is 29.4. The maximum absolute atomic E-state index is 12.8. The van der Waals surface area contributed by atoms with E-state index in [9.17, 15) is 9.59 Å². The number of benzene rings is 2. The Bertz CT molecular complexity index is 856. The lowest BCUT2D eigenvalue weighted by atomic mass is 10.0. The maximum Gasteiger partial charge on any atom is 0.255 e.